The molecule has 0 aliphatic rings. The van der Waals surface area contributed by atoms with Crippen LogP contribution in [0.3, 0.4) is 0 Å². The molecule has 1 atom stereocenters. The largest absolute Gasteiger partial charge is 0.497 e. The van der Waals surface area contributed by atoms with E-state index in [1.165, 1.54) is 0 Å². The topological polar surface area (TPSA) is 67.8 Å². The van der Waals surface area contributed by atoms with Crippen molar-refractivity contribution < 1.29 is 19.4 Å². The minimum atomic E-state index is -0.759. The molecule has 0 radical (unpaired) electrons. The standard InChI is InChI=1S/C12H17NO4/c1-3-17-12(15)13-8-11(14)9-4-6-10(16-2)7-5-9/h4-7,11,14H,3,8H2,1-2H3,(H,13,15). The highest BCUT2D eigenvalue weighted by Gasteiger charge is 2.09. The van der Waals surface area contributed by atoms with E-state index < -0.39 is 12.2 Å². The molecule has 5 heteroatoms. The van der Waals surface area contributed by atoms with E-state index in [2.05, 4.69) is 10.1 Å². The zero-order valence-corrected chi connectivity index (χ0v) is 9.97. The highest BCUT2D eigenvalue weighted by molar-refractivity contribution is 5.67. The maximum absolute atomic E-state index is 11.0. The van der Waals surface area contributed by atoms with Crippen LogP contribution in [0.4, 0.5) is 4.79 Å². The molecule has 0 aromatic heterocycles. The van der Waals surface area contributed by atoms with Crippen molar-refractivity contribution in [2.75, 3.05) is 20.3 Å². The number of carbonyl (C=O) groups is 1. The van der Waals surface area contributed by atoms with Crippen LogP contribution in [-0.2, 0) is 4.74 Å². The van der Waals surface area contributed by atoms with Gasteiger partial charge in [0.25, 0.3) is 0 Å². The van der Waals surface area contributed by atoms with Gasteiger partial charge in [0, 0.05) is 0 Å². The van der Waals surface area contributed by atoms with Crippen LogP contribution in [0.25, 0.3) is 0 Å². The zero-order chi connectivity index (χ0) is 12.7. The van der Waals surface area contributed by atoms with Crippen LogP contribution in [0.5, 0.6) is 5.75 Å². The molecule has 1 aromatic carbocycles. The molecule has 0 heterocycles. The number of aliphatic hydroxyl groups excluding tert-OH is 1. The third kappa shape index (κ3) is 4.32. The number of hydrogen-bond donors (Lipinski definition) is 2. The molecule has 1 rings (SSSR count). The summed E-state index contributed by atoms with van der Waals surface area (Å²) in [5.41, 5.74) is 0.711. The predicted molar refractivity (Wildman–Crippen MR) is 63.0 cm³/mol. The normalized spacial score (nSPS) is 11.7. The van der Waals surface area contributed by atoms with Gasteiger partial charge in [-0.15, -0.1) is 0 Å². The van der Waals surface area contributed by atoms with Gasteiger partial charge in [0.05, 0.1) is 26.4 Å². The number of aliphatic hydroxyl groups is 1. The summed E-state index contributed by atoms with van der Waals surface area (Å²) >= 11 is 0. The van der Waals surface area contributed by atoms with Crippen LogP contribution < -0.4 is 10.1 Å². The van der Waals surface area contributed by atoms with Gasteiger partial charge in [-0.1, -0.05) is 12.1 Å². The van der Waals surface area contributed by atoms with Gasteiger partial charge in [0.2, 0.25) is 0 Å². The van der Waals surface area contributed by atoms with Crippen molar-refractivity contribution in [3.05, 3.63) is 29.8 Å². The smallest absolute Gasteiger partial charge is 0.407 e. The molecule has 1 aromatic rings. The van der Waals surface area contributed by atoms with Crippen molar-refractivity contribution in [1.29, 1.82) is 0 Å². The Morgan fingerprint density at radius 2 is 2.06 bits per heavy atom. The molecule has 2 N–H and O–H groups in total. The number of hydrogen-bond acceptors (Lipinski definition) is 4. The van der Waals surface area contributed by atoms with Gasteiger partial charge >= 0.3 is 6.09 Å². The molecule has 0 fully saturated rings. The third-order valence-electron chi connectivity index (χ3n) is 2.22. The number of rotatable bonds is 5. The zero-order valence-electron chi connectivity index (χ0n) is 9.97. The van der Waals surface area contributed by atoms with E-state index in [0.29, 0.717) is 12.2 Å². The fourth-order valence-electron chi connectivity index (χ4n) is 1.31. The minimum Gasteiger partial charge on any atom is -0.497 e. The molecule has 0 bridgehead atoms. The van der Waals surface area contributed by atoms with Gasteiger partial charge in [-0.05, 0) is 24.6 Å². The molecule has 17 heavy (non-hydrogen) atoms. The number of ether oxygens (including phenoxy) is 2. The Labute approximate surface area is 100 Å². The fraction of sp³-hybridized carbons (Fsp3) is 0.417. The van der Waals surface area contributed by atoms with Crippen molar-refractivity contribution in [3.63, 3.8) is 0 Å². The van der Waals surface area contributed by atoms with Gasteiger partial charge in [0.15, 0.2) is 0 Å². The number of amides is 1. The summed E-state index contributed by atoms with van der Waals surface area (Å²) < 4.78 is 9.69. The average molecular weight is 239 g/mol. The predicted octanol–water partition coefficient (Wildman–Crippen LogP) is 1.47. The monoisotopic (exact) mass is 239 g/mol. The molecule has 94 valence electrons. The molecule has 0 aliphatic heterocycles. The number of alkyl carbamates (subject to hydrolysis) is 1. The van der Waals surface area contributed by atoms with Crippen LogP contribution in [-0.4, -0.2) is 31.5 Å². The van der Waals surface area contributed by atoms with E-state index in [9.17, 15) is 9.90 Å². The lowest BCUT2D eigenvalue weighted by atomic mass is 10.1. The first-order chi connectivity index (χ1) is 8.17. The average Bonchev–Trinajstić information content (AvgIpc) is 2.36. The quantitative estimate of drug-likeness (QED) is 0.816. The van der Waals surface area contributed by atoms with E-state index in [0.717, 1.165) is 5.75 Å². The van der Waals surface area contributed by atoms with Crippen molar-refractivity contribution in [2.24, 2.45) is 0 Å². The van der Waals surface area contributed by atoms with Gasteiger partial charge in [-0.25, -0.2) is 4.79 Å². The van der Waals surface area contributed by atoms with Crippen LogP contribution in [0.2, 0.25) is 0 Å². The van der Waals surface area contributed by atoms with E-state index in [1.54, 1.807) is 38.3 Å². The molecule has 0 saturated carbocycles. The maximum Gasteiger partial charge on any atom is 0.407 e. The Morgan fingerprint density at radius 3 is 2.59 bits per heavy atom. The Bertz CT molecular complexity index is 350. The fourth-order valence-corrected chi connectivity index (χ4v) is 1.31. The molecule has 5 nitrogen and oxygen atoms in total. The van der Waals surface area contributed by atoms with E-state index in [4.69, 9.17) is 4.74 Å². The Kier molecular flexibility index (Phi) is 5.29. The van der Waals surface area contributed by atoms with E-state index in [1.807, 2.05) is 0 Å². The first-order valence-corrected chi connectivity index (χ1v) is 5.40. The summed E-state index contributed by atoms with van der Waals surface area (Å²) in [7, 11) is 1.58. The van der Waals surface area contributed by atoms with Crippen LogP contribution >= 0.6 is 0 Å². The third-order valence-corrected chi connectivity index (χ3v) is 2.22. The van der Waals surface area contributed by atoms with Crippen molar-refractivity contribution >= 4 is 6.09 Å². The SMILES string of the molecule is CCOC(=O)NCC(O)c1ccc(OC)cc1. The summed E-state index contributed by atoms with van der Waals surface area (Å²) in [6.45, 7) is 2.15. The molecule has 0 spiro atoms. The summed E-state index contributed by atoms with van der Waals surface area (Å²) in [4.78, 5) is 11.0. The van der Waals surface area contributed by atoms with Gasteiger partial charge in [0.1, 0.15) is 5.75 Å². The lowest BCUT2D eigenvalue weighted by Crippen LogP contribution is -2.28. The highest BCUT2D eigenvalue weighted by Crippen LogP contribution is 2.16. The summed E-state index contributed by atoms with van der Waals surface area (Å²) in [6.07, 6.45) is -1.29. The second-order valence-electron chi connectivity index (χ2n) is 3.39. The molecule has 1 amide bonds. The molecule has 0 saturated heterocycles. The minimum absolute atomic E-state index is 0.116. The Morgan fingerprint density at radius 1 is 1.41 bits per heavy atom. The Hall–Kier alpha value is -1.75. The maximum atomic E-state index is 11.0. The van der Waals surface area contributed by atoms with Crippen molar-refractivity contribution in [1.82, 2.24) is 5.32 Å². The van der Waals surface area contributed by atoms with Crippen LogP contribution in [0.1, 0.15) is 18.6 Å². The lowest BCUT2D eigenvalue weighted by molar-refractivity contribution is 0.135. The van der Waals surface area contributed by atoms with Crippen molar-refractivity contribution in [2.45, 2.75) is 13.0 Å². The number of benzene rings is 1. The number of methoxy groups -OCH3 is 1. The van der Waals surface area contributed by atoms with E-state index in [-0.39, 0.29) is 6.54 Å². The summed E-state index contributed by atoms with van der Waals surface area (Å²) in [5, 5.41) is 12.3. The van der Waals surface area contributed by atoms with Gasteiger partial charge in [-0.2, -0.15) is 0 Å². The van der Waals surface area contributed by atoms with Crippen molar-refractivity contribution in [3.8, 4) is 5.75 Å². The van der Waals surface area contributed by atoms with E-state index >= 15 is 0 Å². The van der Waals surface area contributed by atoms with Gasteiger partial charge < -0.3 is 19.9 Å². The first kappa shape index (κ1) is 13.3. The number of nitrogens with one attached hydrogen (secondary N) is 1. The van der Waals surface area contributed by atoms with Gasteiger partial charge in [-0.3, -0.25) is 0 Å². The molecule has 1 unspecified atom stereocenters. The van der Waals surface area contributed by atoms with Crippen LogP contribution in [0, 0.1) is 0 Å². The second-order valence-corrected chi connectivity index (χ2v) is 3.39. The lowest BCUT2D eigenvalue weighted by Gasteiger charge is -2.12. The summed E-state index contributed by atoms with van der Waals surface area (Å²) in [6, 6.07) is 7.00. The van der Waals surface area contributed by atoms with Crippen LogP contribution in [0.15, 0.2) is 24.3 Å². The molecular weight excluding hydrogens is 222 g/mol. The Balaban J connectivity index is 2.46. The highest BCUT2D eigenvalue weighted by atomic mass is 16.5. The first-order valence-electron chi connectivity index (χ1n) is 5.40. The molecule has 0 aliphatic carbocycles. The molecular formula is C12H17NO4. The number of carbonyl (C=O) groups excluding carboxylic acids is 1. The summed E-state index contributed by atoms with van der Waals surface area (Å²) in [5.74, 6) is 0.722. The second kappa shape index (κ2) is 6.75.